The van der Waals surface area contributed by atoms with E-state index < -0.39 is 10.0 Å². The lowest BCUT2D eigenvalue weighted by atomic mass is 10.1. The van der Waals surface area contributed by atoms with Crippen LogP contribution in [0.15, 0.2) is 23.1 Å². The number of sulfonamides is 1. The minimum absolute atomic E-state index is 0.193. The predicted octanol–water partition coefficient (Wildman–Crippen LogP) is 1.11. The number of hydrogen-bond acceptors (Lipinski definition) is 5. The molecule has 0 spiro atoms. The summed E-state index contributed by atoms with van der Waals surface area (Å²) < 4.78 is 37.8. The van der Waals surface area contributed by atoms with Crippen molar-refractivity contribution in [2.75, 3.05) is 26.3 Å². The summed E-state index contributed by atoms with van der Waals surface area (Å²) in [4.78, 5) is 0.193. The summed E-state index contributed by atoms with van der Waals surface area (Å²) in [7, 11) is -3.52. The molecule has 0 aromatic heterocycles. The molecule has 1 aromatic carbocycles. The summed E-state index contributed by atoms with van der Waals surface area (Å²) in [5, 5.41) is 0. The third kappa shape index (κ3) is 4.33. The van der Waals surface area contributed by atoms with Crippen LogP contribution in [0.5, 0.6) is 11.5 Å². The maximum atomic E-state index is 12.2. The van der Waals surface area contributed by atoms with Gasteiger partial charge in [-0.1, -0.05) is 6.92 Å². The maximum absolute atomic E-state index is 12.2. The summed E-state index contributed by atoms with van der Waals surface area (Å²) in [6.45, 7) is 3.99. The zero-order valence-corrected chi connectivity index (χ0v) is 13.0. The van der Waals surface area contributed by atoms with E-state index in [1.807, 2.05) is 0 Å². The van der Waals surface area contributed by atoms with E-state index in [1.54, 1.807) is 6.07 Å². The number of hydrogen-bond donors (Lipinski definition) is 2. The highest BCUT2D eigenvalue weighted by atomic mass is 32.2. The quantitative estimate of drug-likeness (QED) is 0.736. The molecular weight excluding hydrogens is 292 g/mol. The van der Waals surface area contributed by atoms with Crippen molar-refractivity contribution in [3.05, 3.63) is 18.2 Å². The van der Waals surface area contributed by atoms with Crippen LogP contribution in [-0.2, 0) is 10.0 Å². The van der Waals surface area contributed by atoms with Gasteiger partial charge in [0, 0.05) is 12.6 Å². The van der Waals surface area contributed by atoms with E-state index in [0.29, 0.717) is 43.7 Å². The van der Waals surface area contributed by atoms with E-state index in [2.05, 4.69) is 11.6 Å². The van der Waals surface area contributed by atoms with E-state index in [4.69, 9.17) is 15.2 Å². The molecule has 1 aliphatic rings. The first-order valence-corrected chi connectivity index (χ1v) is 8.60. The molecule has 0 bridgehead atoms. The van der Waals surface area contributed by atoms with Gasteiger partial charge in [-0.05, 0) is 37.4 Å². The first kappa shape index (κ1) is 16.1. The Kier molecular flexibility index (Phi) is 5.44. The van der Waals surface area contributed by atoms with Crippen molar-refractivity contribution in [3.8, 4) is 11.5 Å². The van der Waals surface area contributed by atoms with Gasteiger partial charge in [0.05, 0.1) is 4.90 Å². The van der Waals surface area contributed by atoms with Gasteiger partial charge in [0.2, 0.25) is 10.0 Å². The number of fused-ring (bicyclic) bond motifs is 1. The van der Waals surface area contributed by atoms with Crippen molar-refractivity contribution in [3.63, 3.8) is 0 Å². The molecule has 1 atom stereocenters. The minimum atomic E-state index is -3.52. The lowest BCUT2D eigenvalue weighted by Gasteiger charge is -2.19. The van der Waals surface area contributed by atoms with E-state index >= 15 is 0 Å². The highest BCUT2D eigenvalue weighted by Gasteiger charge is 2.18. The Morgan fingerprint density at radius 3 is 2.71 bits per heavy atom. The zero-order valence-electron chi connectivity index (χ0n) is 12.2. The second-order valence-electron chi connectivity index (χ2n) is 5.19. The smallest absolute Gasteiger partial charge is 0.240 e. The van der Waals surface area contributed by atoms with Gasteiger partial charge in [0.25, 0.3) is 0 Å². The van der Waals surface area contributed by atoms with Crippen LogP contribution < -0.4 is 19.9 Å². The normalized spacial score (nSPS) is 15.7. The Bertz CT molecular complexity index is 574. The highest BCUT2D eigenvalue weighted by molar-refractivity contribution is 7.89. The zero-order chi connectivity index (χ0) is 15.3. The molecular formula is C14H22N2O4S. The Hall–Kier alpha value is -1.31. The topological polar surface area (TPSA) is 90.7 Å². The fourth-order valence-electron chi connectivity index (χ4n) is 2.05. The van der Waals surface area contributed by atoms with Crippen molar-refractivity contribution in [1.29, 1.82) is 0 Å². The van der Waals surface area contributed by atoms with Crippen molar-refractivity contribution in [1.82, 2.24) is 4.72 Å². The standard InChI is InChI=1S/C14H22N2O4S/c1-11(10-15)3-2-6-16-21(17,18)12-4-5-13-14(9-12)20-8-7-19-13/h4-5,9,11,16H,2-3,6-8,10,15H2,1H3. The molecule has 1 aliphatic heterocycles. The Labute approximate surface area is 125 Å². The Morgan fingerprint density at radius 2 is 2.00 bits per heavy atom. The molecule has 6 nitrogen and oxygen atoms in total. The van der Waals surface area contributed by atoms with Crippen molar-refractivity contribution in [2.45, 2.75) is 24.7 Å². The highest BCUT2D eigenvalue weighted by Crippen LogP contribution is 2.32. The predicted molar refractivity (Wildman–Crippen MR) is 80.1 cm³/mol. The lowest BCUT2D eigenvalue weighted by molar-refractivity contribution is 0.171. The monoisotopic (exact) mass is 314 g/mol. The first-order chi connectivity index (χ1) is 10.0. The minimum Gasteiger partial charge on any atom is -0.486 e. The number of nitrogens with two attached hydrogens (primary N) is 1. The third-order valence-corrected chi connectivity index (χ3v) is 4.85. The molecule has 118 valence electrons. The fraction of sp³-hybridized carbons (Fsp3) is 0.571. The van der Waals surface area contributed by atoms with E-state index in [9.17, 15) is 8.42 Å². The molecule has 21 heavy (non-hydrogen) atoms. The third-order valence-electron chi connectivity index (χ3n) is 3.39. The van der Waals surface area contributed by atoms with Crippen molar-refractivity contribution < 1.29 is 17.9 Å². The average molecular weight is 314 g/mol. The second-order valence-corrected chi connectivity index (χ2v) is 6.95. The van der Waals surface area contributed by atoms with Gasteiger partial charge in [-0.25, -0.2) is 13.1 Å². The SMILES string of the molecule is CC(CN)CCCNS(=O)(=O)c1ccc2c(c1)OCCO2. The summed E-state index contributed by atoms with van der Waals surface area (Å²) in [6, 6.07) is 4.65. The van der Waals surface area contributed by atoms with Crippen LogP contribution in [0, 0.1) is 5.92 Å². The molecule has 3 N–H and O–H groups in total. The van der Waals surface area contributed by atoms with Crippen LogP contribution in [0.3, 0.4) is 0 Å². The molecule has 0 saturated carbocycles. The van der Waals surface area contributed by atoms with Gasteiger partial charge in [0.1, 0.15) is 13.2 Å². The second kappa shape index (κ2) is 7.11. The number of ether oxygens (including phenoxy) is 2. The average Bonchev–Trinajstić information content (AvgIpc) is 2.50. The van der Waals surface area contributed by atoms with Crippen LogP contribution in [0.4, 0.5) is 0 Å². The molecule has 0 amide bonds. The van der Waals surface area contributed by atoms with Crippen LogP contribution >= 0.6 is 0 Å². The van der Waals surface area contributed by atoms with Gasteiger partial charge in [-0.2, -0.15) is 0 Å². The van der Waals surface area contributed by atoms with Crippen LogP contribution in [0.1, 0.15) is 19.8 Å². The Balaban J connectivity index is 1.96. The summed E-state index contributed by atoms with van der Waals surface area (Å²) in [6.07, 6.45) is 1.67. The van der Waals surface area contributed by atoms with Crippen LogP contribution in [0.2, 0.25) is 0 Å². The number of nitrogens with one attached hydrogen (secondary N) is 1. The molecule has 0 aliphatic carbocycles. The summed E-state index contributed by atoms with van der Waals surface area (Å²) >= 11 is 0. The number of rotatable bonds is 7. The van der Waals surface area contributed by atoms with E-state index in [0.717, 1.165) is 12.8 Å². The molecule has 1 unspecified atom stereocenters. The van der Waals surface area contributed by atoms with Gasteiger partial charge >= 0.3 is 0 Å². The van der Waals surface area contributed by atoms with Crippen LogP contribution in [0.25, 0.3) is 0 Å². The first-order valence-electron chi connectivity index (χ1n) is 7.12. The van der Waals surface area contributed by atoms with Gasteiger partial charge in [-0.3, -0.25) is 0 Å². The molecule has 0 fully saturated rings. The van der Waals surface area contributed by atoms with E-state index in [-0.39, 0.29) is 4.90 Å². The molecule has 1 heterocycles. The summed E-state index contributed by atoms with van der Waals surface area (Å²) in [5.41, 5.74) is 5.53. The van der Waals surface area contributed by atoms with Crippen LogP contribution in [-0.4, -0.2) is 34.7 Å². The molecule has 2 rings (SSSR count). The van der Waals surface area contributed by atoms with Gasteiger partial charge in [0.15, 0.2) is 11.5 Å². The van der Waals surface area contributed by atoms with E-state index in [1.165, 1.54) is 12.1 Å². The molecule has 7 heteroatoms. The van der Waals surface area contributed by atoms with Gasteiger partial charge < -0.3 is 15.2 Å². The molecule has 0 radical (unpaired) electrons. The van der Waals surface area contributed by atoms with Gasteiger partial charge in [-0.15, -0.1) is 0 Å². The largest absolute Gasteiger partial charge is 0.486 e. The number of benzene rings is 1. The summed E-state index contributed by atoms with van der Waals surface area (Å²) in [5.74, 6) is 1.46. The molecule has 0 saturated heterocycles. The molecule has 1 aromatic rings. The van der Waals surface area contributed by atoms with Crippen molar-refractivity contribution in [2.24, 2.45) is 11.7 Å². The fourth-order valence-corrected chi connectivity index (χ4v) is 3.14. The lowest BCUT2D eigenvalue weighted by Crippen LogP contribution is -2.26. The Morgan fingerprint density at radius 1 is 1.29 bits per heavy atom. The van der Waals surface area contributed by atoms with Crippen molar-refractivity contribution >= 4 is 10.0 Å². The maximum Gasteiger partial charge on any atom is 0.240 e.